The number of nitrogens with two attached hydrogens (primary N) is 1. The molecule has 0 amide bonds. The van der Waals surface area contributed by atoms with E-state index in [-0.39, 0.29) is 18.6 Å². The van der Waals surface area contributed by atoms with Crippen LogP contribution in [-0.2, 0) is 0 Å². The number of nitrogens with zero attached hydrogens (tertiary/aromatic N) is 2. The molecule has 0 bridgehead atoms. The lowest BCUT2D eigenvalue weighted by atomic mass is 9.96. The molecule has 0 aliphatic carbocycles. The molecule has 2 atom stereocenters. The van der Waals surface area contributed by atoms with Crippen LogP contribution in [0.3, 0.4) is 0 Å². The van der Waals surface area contributed by atoms with E-state index < -0.39 is 0 Å². The average molecular weight is 254 g/mol. The highest BCUT2D eigenvalue weighted by molar-refractivity contribution is 5.51. The Labute approximate surface area is 108 Å². The first kappa shape index (κ1) is 14.5. The summed E-state index contributed by atoms with van der Waals surface area (Å²) in [4.78, 5) is 8.01. The molecule has 1 aromatic heterocycles. The third-order valence-electron chi connectivity index (χ3n) is 3.09. The van der Waals surface area contributed by atoms with Crippen LogP contribution in [0.5, 0.6) is 5.75 Å². The van der Waals surface area contributed by atoms with Gasteiger partial charge in [-0.2, -0.15) is 4.98 Å². The third kappa shape index (κ3) is 3.73. The molecule has 2 unspecified atom stereocenters. The summed E-state index contributed by atoms with van der Waals surface area (Å²) < 4.78 is 5.19. The highest BCUT2D eigenvalue weighted by Gasteiger charge is 2.18. The molecule has 0 saturated carbocycles. The molecular formula is C12H22N4O2. The smallest absolute Gasteiger partial charge is 0.222 e. The number of aromatic nitrogens is 2. The SMILES string of the molecule is CCC(C)C(CCO)Nc1nc(N)ncc1OC. The monoisotopic (exact) mass is 254 g/mol. The van der Waals surface area contributed by atoms with Gasteiger partial charge in [0.1, 0.15) is 0 Å². The lowest BCUT2D eigenvalue weighted by Crippen LogP contribution is -2.29. The van der Waals surface area contributed by atoms with E-state index in [4.69, 9.17) is 15.6 Å². The molecule has 102 valence electrons. The molecule has 1 heterocycles. The van der Waals surface area contributed by atoms with Crippen molar-refractivity contribution in [1.29, 1.82) is 0 Å². The molecule has 0 fully saturated rings. The van der Waals surface area contributed by atoms with Crippen molar-refractivity contribution in [3.63, 3.8) is 0 Å². The maximum Gasteiger partial charge on any atom is 0.222 e. The summed E-state index contributed by atoms with van der Waals surface area (Å²) in [6.45, 7) is 4.37. The van der Waals surface area contributed by atoms with Crippen LogP contribution in [0.25, 0.3) is 0 Å². The number of nitrogen functional groups attached to an aromatic ring is 1. The minimum absolute atomic E-state index is 0.128. The van der Waals surface area contributed by atoms with Crippen LogP contribution in [0.15, 0.2) is 6.20 Å². The molecule has 0 aliphatic rings. The lowest BCUT2D eigenvalue weighted by Gasteiger charge is -2.24. The number of rotatable bonds is 7. The average Bonchev–Trinajstić information content (AvgIpc) is 2.37. The first-order valence-corrected chi connectivity index (χ1v) is 6.16. The molecule has 0 aromatic carbocycles. The number of nitrogens with one attached hydrogen (secondary N) is 1. The van der Waals surface area contributed by atoms with Crippen LogP contribution in [0.1, 0.15) is 26.7 Å². The minimum Gasteiger partial charge on any atom is -0.491 e. The zero-order chi connectivity index (χ0) is 13.5. The van der Waals surface area contributed by atoms with Crippen molar-refractivity contribution < 1.29 is 9.84 Å². The molecular weight excluding hydrogens is 232 g/mol. The van der Waals surface area contributed by atoms with Crippen molar-refractivity contribution in [3.8, 4) is 5.75 Å². The number of methoxy groups -OCH3 is 1. The fourth-order valence-corrected chi connectivity index (χ4v) is 1.74. The standard InChI is InChI=1S/C12H22N4O2/c1-4-8(2)9(5-6-17)15-11-10(18-3)7-14-12(13)16-11/h7-9,17H,4-6H2,1-3H3,(H3,13,14,15,16). The largest absolute Gasteiger partial charge is 0.491 e. The zero-order valence-electron chi connectivity index (χ0n) is 11.2. The highest BCUT2D eigenvalue weighted by atomic mass is 16.5. The summed E-state index contributed by atoms with van der Waals surface area (Å²) in [6, 6.07) is 0.128. The van der Waals surface area contributed by atoms with Crippen LogP contribution >= 0.6 is 0 Å². The molecule has 18 heavy (non-hydrogen) atoms. The van der Waals surface area contributed by atoms with Crippen molar-refractivity contribution in [2.24, 2.45) is 5.92 Å². The quantitative estimate of drug-likeness (QED) is 0.678. The van der Waals surface area contributed by atoms with Gasteiger partial charge in [-0.1, -0.05) is 20.3 Å². The Morgan fingerprint density at radius 2 is 2.28 bits per heavy atom. The summed E-state index contributed by atoms with van der Waals surface area (Å²) in [5, 5.41) is 12.4. The van der Waals surface area contributed by atoms with E-state index in [1.807, 2.05) is 0 Å². The summed E-state index contributed by atoms with van der Waals surface area (Å²) in [5.74, 6) is 1.74. The van der Waals surface area contributed by atoms with E-state index in [0.717, 1.165) is 6.42 Å². The first-order chi connectivity index (χ1) is 8.62. The van der Waals surface area contributed by atoms with Crippen LogP contribution in [0.4, 0.5) is 11.8 Å². The van der Waals surface area contributed by atoms with Crippen molar-refractivity contribution in [2.75, 3.05) is 24.8 Å². The second-order valence-electron chi connectivity index (χ2n) is 4.29. The fourth-order valence-electron chi connectivity index (χ4n) is 1.74. The molecule has 0 aliphatic heterocycles. The molecule has 4 N–H and O–H groups in total. The van der Waals surface area contributed by atoms with E-state index in [1.54, 1.807) is 7.11 Å². The topological polar surface area (TPSA) is 93.3 Å². The second-order valence-corrected chi connectivity index (χ2v) is 4.29. The molecule has 6 heteroatoms. The molecule has 0 spiro atoms. The van der Waals surface area contributed by atoms with Crippen molar-refractivity contribution in [3.05, 3.63) is 6.20 Å². The van der Waals surface area contributed by atoms with Crippen molar-refractivity contribution in [2.45, 2.75) is 32.7 Å². The maximum absolute atomic E-state index is 9.11. The van der Waals surface area contributed by atoms with Gasteiger partial charge < -0.3 is 20.9 Å². The van der Waals surface area contributed by atoms with E-state index in [0.29, 0.717) is 23.9 Å². The van der Waals surface area contributed by atoms with Gasteiger partial charge in [0.2, 0.25) is 5.95 Å². The normalized spacial score (nSPS) is 14.0. The van der Waals surface area contributed by atoms with Crippen molar-refractivity contribution in [1.82, 2.24) is 9.97 Å². The number of aliphatic hydroxyl groups is 1. The summed E-state index contributed by atoms with van der Waals surface area (Å²) in [7, 11) is 1.56. The van der Waals surface area contributed by atoms with Gasteiger partial charge in [0.15, 0.2) is 11.6 Å². The lowest BCUT2D eigenvalue weighted by molar-refractivity contribution is 0.262. The Morgan fingerprint density at radius 1 is 1.56 bits per heavy atom. The number of hydrogen-bond donors (Lipinski definition) is 3. The molecule has 0 saturated heterocycles. The summed E-state index contributed by atoms with van der Waals surface area (Å²) in [6.07, 6.45) is 3.21. The fraction of sp³-hybridized carbons (Fsp3) is 0.667. The van der Waals surface area contributed by atoms with Gasteiger partial charge >= 0.3 is 0 Å². The van der Waals surface area contributed by atoms with Gasteiger partial charge in [-0.25, -0.2) is 4.98 Å². The van der Waals surface area contributed by atoms with E-state index in [9.17, 15) is 0 Å². The van der Waals surface area contributed by atoms with E-state index in [1.165, 1.54) is 6.20 Å². The van der Waals surface area contributed by atoms with Crippen LogP contribution in [-0.4, -0.2) is 34.8 Å². The van der Waals surface area contributed by atoms with Crippen LogP contribution < -0.4 is 15.8 Å². The summed E-state index contributed by atoms with van der Waals surface area (Å²) in [5.41, 5.74) is 5.57. The van der Waals surface area contributed by atoms with Gasteiger partial charge in [-0.05, 0) is 12.3 Å². The summed E-state index contributed by atoms with van der Waals surface area (Å²) >= 11 is 0. The van der Waals surface area contributed by atoms with Crippen molar-refractivity contribution >= 4 is 11.8 Å². The Kier molecular flexibility index (Phi) is 5.64. The van der Waals surface area contributed by atoms with Gasteiger partial charge in [-0.3, -0.25) is 0 Å². The zero-order valence-corrected chi connectivity index (χ0v) is 11.2. The third-order valence-corrected chi connectivity index (χ3v) is 3.09. The van der Waals surface area contributed by atoms with E-state index >= 15 is 0 Å². The van der Waals surface area contributed by atoms with Crippen LogP contribution in [0, 0.1) is 5.92 Å². The number of aliphatic hydroxyl groups excluding tert-OH is 1. The van der Waals surface area contributed by atoms with Gasteiger partial charge in [0.25, 0.3) is 0 Å². The number of anilines is 2. The van der Waals surface area contributed by atoms with Crippen LogP contribution in [0.2, 0.25) is 0 Å². The predicted octanol–water partition coefficient (Wildman–Crippen LogP) is 1.28. The first-order valence-electron chi connectivity index (χ1n) is 6.16. The second kappa shape index (κ2) is 7.00. The molecule has 0 radical (unpaired) electrons. The number of hydrogen-bond acceptors (Lipinski definition) is 6. The maximum atomic E-state index is 9.11. The number of ether oxygens (including phenoxy) is 1. The van der Waals surface area contributed by atoms with Gasteiger partial charge in [-0.15, -0.1) is 0 Å². The Balaban J connectivity index is 2.88. The molecule has 6 nitrogen and oxygen atoms in total. The molecule has 1 rings (SSSR count). The van der Waals surface area contributed by atoms with E-state index in [2.05, 4.69) is 29.1 Å². The van der Waals surface area contributed by atoms with Gasteiger partial charge in [0, 0.05) is 12.6 Å². The molecule has 1 aromatic rings. The van der Waals surface area contributed by atoms with Gasteiger partial charge in [0.05, 0.1) is 13.3 Å². The highest BCUT2D eigenvalue weighted by Crippen LogP contribution is 2.24. The Bertz CT molecular complexity index is 373. The minimum atomic E-state index is 0.128. The predicted molar refractivity (Wildman–Crippen MR) is 71.6 cm³/mol. The Morgan fingerprint density at radius 3 is 2.83 bits per heavy atom. The Hall–Kier alpha value is -1.56.